The van der Waals surface area contributed by atoms with Gasteiger partial charge < -0.3 is 9.84 Å². The molecule has 1 aliphatic carbocycles. The zero-order chi connectivity index (χ0) is 18.0. The minimum atomic E-state index is -0.542. The van der Waals surface area contributed by atoms with Crippen molar-refractivity contribution in [2.45, 2.75) is 44.4 Å². The van der Waals surface area contributed by atoms with Crippen LogP contribution in [0, 0.1) is 0 Å². The van der Waals surface area contributed by atoms with Crippen molar-refractivity contribution in [1.29, 1.82) is 0 Å². The van der Waals surface area contributed by atoms with E-state index in [4.69, 9.17) is 4.52 Å². The van der Waals surface area contributed by atoms with Crippen LogP contribution in [0.1, 0.15) is 43.9 Å². The highest BCUT2D eigenvalue weighted by Gasteiger charge is 2.53. The first-order chi connectivity index (χ1) is 12.7. The highest BCUT2D eigenvalue weighted by Crippen LogP contribution is 2.49. The first kappa shape index (κ1) is 17.0. The van der Waals surface area contributed by atoms with Crippen LogP contribution in [0.4, 0.5) is 5.69 Å². The zero-order valence-corrected chi connectivity index (χ0v) is 15.6. The molecule has 0 radical (unpaired) electrons. The van der Waals surface area contributed by atoms with Crippen molar-refractivity contribution in [3.63, 3.8) is 0 Å². The Morgan fingerprint density at radius 1 is 1.27 bits per heavy atom. The third-order valence-corrected chi connectivity index (χ3v) is 5.86. The maximum absolute atomic E-state index is 12.9. The zero-order valence-electron chi connectivity index (χ0n) is 14.8. The van der Waals surface area contributed by atoms with E-state index in [0.29, 0.717) is 0 Å². The number of benzene rings is 1. The molecule has 0 saturated heterocycles. The monoisotopic (exact) mass is 366 g/mol. The summed E-state index contributed by atoms with van der Waals surface area (Å²) in [4.78, 5) is 13.9. The molecule has 2 aromatic heterocycles. The third kappa shape index (κ3) is 3.31. The Morgan fingerprint density at radius 3 is 2.73 bits per heavy atom. The smallest absolute Gasteiger partial charge is 0.236 e. The highest BCUT2D eigenvalue weighted by atomic mass is 32.1. The number of nitrogens with zero attached hydrogens (tertiary/aromatic N) is 1. The van der Waals surface area contributed by atoms with Gasteiger partial charge in [-0.15, -0.1) is 11.3 Å². The molecule has 0 atom stereocenters. The summed E-state index contributed by atoms with van der Waals surface area (Å²) in [6.07, 6.45) is 5.08. The van der Waals surface area contributed by atoms with Crippen LogP contribution in [0.5, 0.6) is 0 Å². The van der Waals surface area contributed by atoms with Crippen LogP contribution in [-0.4, -0.2) is 11.1 Å². The molecule has 1 aromatic carbocycles. The maximum Gasteiger partial charge on any atom is 0.236 e. The summed E-state index contributed by atoms with van der Waals surface area (Å²) in [5.41, 5.74) is 2.34. The number of carbonyl (C=O) groups excluding carboxylic acids is 1. The minimum Gasteiger partial charge on any atom is -0.355 e. The molecule has 4 rings (SSSR count). The molecule has 0 unspecified atom stereocenters. The van der Waals surface area contributed by atoms with Crippen LogP contribution < -0.4 is 5.32 Å². The normalized spacial score (nSPS) is 15.0. The van der Waals surface area contributed by atoms with Gasteiger partial charge in [0, 0.05) is 11.8 Å². The number of nitrogens with one attached hydrogen (secondary N) is 1. The van der Waals surface area contributed by atoms with Gasteiger partial charge in [-0.2, -0.15) is 0 Å². The summed E-state index contributed by atoms with van der Waals surface area (Å²) in [5, 5.41) is 9.24. The third-order valence-electron chi connectivity index (χ3n) is 4.98. The standard InChI is InChI=1S/C21H22N2O2S/c1-2-3-5-15-7-9-16(10-8-15)22-20(24)21(11-12-21)19-14-17(25-23-19)18-6-4-13-26-18/h4,6-10,13-14H,2-3,5,11-12H2,1H3,(H,22,24). The quantitative estimate of drug-likeness (QED) is 0.608. The number of unbranched alkanes of at least 4 members (excludes halogenated alkanes) is 1. The summed E-state index contributed by atoms with van der Waals surface area (Å²) in [5.74, 6) is 0.735. The number of aryl methyl sites for hydroxylation is 1. The van der Waals surface area contributed by atoms with Gasteiger partial charge >= 0.3 is 0 Å². The van der Waals surface area contributed by atoms with Crippen LogP contribution in [0.25, 0.3) is 10.6 Å². The predicted molar refractivity (Wildman–Crippen MR) is 104 cm³/mol. The average Bonchev–Trinajstić information content (AvgIpc) is 3.08. The van der Waals surface area contributed by atoms with Gasteiger partial charge in [0.1, 0.15) is 0 Å². The molecule has 134 valence electrons. The molecule has 2 heterocycles. The number of aromatic nitrogens is 1. The number of rotatable bonds is 7. The molecule has 0 bridgehead atoms. The molecule has 3 aromatic rings. The predicted octanol–water partition coefficient (Wildman–Crippen LogP) is 5.42. The lowest BCUT2D eigenvalue weighted by atomic mass is 10.0. The lowest BCUT2D eigenvalue weighted by Crippen LogP contribution is -2.28. The molecule has 5 heteroatoms. The molecule has 1 saturated carbocycles. The number of thiophene rings is 1. The molecule has 1 fully saturated rings. The fraction of sp³-hybridized carbons (Fsp3) is 0.333. The summed E-state index contributed by atoms with van der Waals surface area (Å²) in [6.45, 7) is 2.19. The van der Waals surface area contributed by atoms with Crippen LogP contribution in [0.2, 0.25) is 0 Å². The van der Waals surface area contributed by atoms with Crippen molar-refractivity contribution < 1.29 is 9.32 Å². The van der Waals surface area contributed by atoms with Gasteiger partial charge in [0.15, 0.2) is 5.76 Å². The molecule has 1 N–H and O–H groups in total. The molecule has 1 amide bonds. The topological polar surface area (TPSA) is 55.1 Å². The van der Waals surface area contributed by atoms with E-state index >= 15 is 0 Å². The number of amides is 1. The second-order valence-electron chi connectivity index (χ2n) is 6.89. The van der Waals surface area contributed by atoms with Gasteiger partial charge in [-0.3, -0.25) is 4.79 Å². The van der Waals surface area contributed by atoms with Gasteiger partial charge in [-0.05, 0) is 54.8 Å². The van der Waals surface area contributed by atoms with Gasteiger partial charge in [-0.25, -0.2) is 0 Å². The van der Waals surface area contributed by atoms with E-state index in [2.05, 4.69) is 29.5 Å². The molecule has 4 nitrogen and oxygen atoms in total. The van der Waals surface area contributed by atoms with Crippen LogP contribution in [0.15, 0.2) is 52.4 Å². The van der Waals surface area contributed by atoms with Gasteiger partial charge in [0.05, 0.1) is 16.0 Å². The van der Waals surface area contributed by atoms with Crippen LogP contribution in [0.3, 0.4) is 0 Å². The van der Waals surface area contributed by atoms with Crippen molar-refractivity contribution in [2.24, 2.45) is 0 Å². The second kappa shape index (κ2) is 7.08. The molecule has 1 aliphatic rings. The van der Waals surface area contributed by atoms with Crippen LogP contribution in [-0.2, 0) is 16.6 Å². The Hall–Kier alpha value is -2.40. The Bertz CT molecular complexity index is 877. The van der Waals surface area contributed by atoms with E-state index < -0.39 is 5.41 Å². The van der Waals surface area contributed by atoms with E-state index in [1.807, 2.05) is 35.7 Å². The van der Waals surface area contributed by atoms with Crippen molar-refractivity contribution >= 4 is 22.9 Å². The Labute approximate surface area is 157 Å². The molecule has 0 aliphatic heterocycles. The summed E-state index contributed by atoms with van der Waals surface area (Å²) in [7, 11) is 0. The van der Waals surface area contributed by atoms with Gasteiger partial charge in [0.25, 0.3) is 0 Å². The van der Waals surface area contributed by atoms with E-state index in [0.717, 1.165) is 41.3 Å². The van der Waals surface area contributed by atoms with Crippen molar-refractivity contribution in [3.8, 4) is 10.6 Å². The maximum atomic E-state index is 12.9. The van der Waals surface area contributed by atoms with Gasteiger partial charge in [0.2, 0.25) is 5.91 Å². The lowest BCUT2D eigenvalue weighted by molar-refractivity contribution is -0.118. The minimum absolute atomic E-state index is 0.00448. The lowest BCUT2D eigenvalue weighted by Gasteiger charge is -2.13. The largest absolute Gasteiger partial charge is 0.355 e. The number of hydrogen-bond donors (Lipinski definition) is 1. The number of carbonyl (C=O) groups is 1. The molecular formula is C21H22N2O2S. The fourth-order valence-electron chi connectivity index (χ4n) is 3.15. The summed E-state index contributed by atoms with van der Waals surface area (Å²) >= 11 is 1.60. The first-order valence-corrected chi connectivity index (χ1v) is 10.0. The number of anilines is 1. The SMILES string of the molecule is CCCCc1ccc(NC(=O)C2(c3cc(-c4cccs4)on3)CC2)cc1. The molecular weight excluding hydrogens is 344 g/mol. The average molecular weight is 366 g/mol. The first-order valence-electron chi connectivity index (χ1n) is 9.13. The Kier molecular flexibility index (Phi) is 4.64. The van der Waals surface area contributed by atoms with E-state index in [-0.39, 0.29) is 5.91 Å². The van der Waals surface area contributed by atoms with Crippen molar-refractivity contribution in [2.75, 3.05) is 5.32 Å². The fourth-order valence-corrected chi connectivity index (χ4v) is 3.82. The van der Waals surface area contributed by atoms with Crippen LogP contribution >= 0.6 is 11.3 Å². The summed E-state index contributed by atoms with van der Waals surface area (Å²) < 4.78 is 5.47. The second-order valence-corrected chi connectivity index (χ2v) is 7.84. The molecule has 0 spiro atoms. The van der Waals surface area contributed by atoms with E-state index in [9.17, 15) is 4.79 Å². The number of hydrogen-bond acceptors (Lipinski definition) is 4. The Balaban J connectivity index is 1.46. The van der Waals surface area contributed by atoms with E-state index in [1.165, 1.54) is 18.4 Å². The van der Waals surface area contributed by atoms with E-state index in [1.54, 1.807) is 11.3 Å². The summed E-state index contributed by atoms with van der Waals surface area (Å²) in [6, 6.07) is 14.0. The van der Waals surface area contributed by atoms with Gasteiger partial charge in [-0.1, -0.05) is 36.7 Å². The Morgan fingerprint density at radius 2 is 2.08 bits per heavy atom. The van der Waals surface area contributed by atoms with Crippen molar-refractivity contribution in [1.82, 2.24) is 5.16 Å². The molecule has 26 heavy (non-hydrogen) atoms. The highest BCUT2D eigenvalue weighted by molar-refractivity contribution is 7.13. The van der Waals surface area contributed by atoms with Crippen molar-refractivity contribution in [3.05, 3.63) is 59.1 Å².